The van der Waals surface area contributed by atoms with E-state index in [9.17, 15) is 17.6 Å². The van der Waals surface area contributed by atoms with Gasteiger partial charge in [-0.1, -0.05) is 48.0 Å². The van der Waals surface area contributed by atoms with Gasteiger partial charge in [0.25, 0.3) is 0 Å². The molecule has 4 atom stereocenters. The maximum absolute atomic E-state index is 15.2. The van der Waals surface area contributed by atoms with Gasteiger partial charge in [0.05, 0.1) is 11.3 Å². The smallest absolute Gasteiger partial charge is 0.217 e. The number of hydrogen-bond donors (Lipinski definition) is 2. The molecule has 1 aliphatic heterocycles. The number of sulfonamides is 1. The first-order valence-electron chi connectivity index (χ1n) is 14.3. The minimum absolute atomic E-state index is 0.114. The zero-order valence-corrected chi connectivity index (χ0v) is 25.1. The highest BCUT2D eigenvalue weighted by atomic mass is 35.5. The van der Waals surface area contributed by atoms with E-state index in [1.807, 2.05) is 6.92 Å². The maximum atomic E-state index is 15.2. The van der Waals surface area contributed by atoms with Crippen molar-refractivity contribution < 1.29 is 22.0 Å². The number of ketones is 1. The van der Waals surface area contributed by atoms with Crippen LogP contribution >= 0.6 is 11.6 Å². The second kappa shape index (κ2) is 12.9. The van der Waals surface area contributed by atoms with Crippen LogP contribution in [0.2, 0.25) is 5.02 Å². The Bertz CT molecular complexity index is 1530. The Morgan fingerprint density at radius 2 is 1.76 bits per heavy atom. The van der Waals surface area contributed by atoms with Crippen LogP contribution in [-0.4, -0.2) is 55.0 Å². The summed E-state index contributed by atoms with van der Waals surface area (Å²) in [6.07, 6.45) is 1.92. The molecular formula is C32H36ClF2N3O3S. The molecule has 224 valence electrons. The average molecular weight is 616 g/mol. The monoisotopic (exact) mass is 615 g/mol. The number of piperazine rings is 1. The number of carbonyl (C=O) groups excluding carboxylic acids is 1. The van der Waals surface area contributed by atoms with Gasteiger partial charge in [0, 0.05) is 42.5 Å². The second-order valence-electron chi connectivity index (χ2n) is 11.4. The Hall–Kier alpha value is -2.69. The number of halogens is 3. The number of rotatable bonds is 11. The predicted octanol–water partition coefficient (Wildman–Crippen LogP) is 4.98. The van der Waals surface area contributed by atoms with Gasteiger partial charge in [0.2, 0.25) is 10.0 Å². The molecule has 2 aliphatic rings. The van der Waals surface area contributed by atoms with Gasteiger partial charge < -0.3 is 11.1 Å². The van der Waals surface area contributed by atoms with Crippen LogP contribution in [0.5, 0.6) is 0 Å². The summed E-state index contributed by atoms with van der Waals surface area (Å²) in [5.41, 5.74) is 8.73. The minimum atomic E-state index is -3.42. The van der Waals surface area contributed by atoms with Gasteiger partial charge in [-0.05, 0) is 85.2 Å². The Labute approximate surface area is 251 Å². The quantitative estimate of drug-likeness (QED) is 0.318. The number of carbonyl (C=O) groups is 1. The molecule has 3 aromatic rings. The van der Waals surface area contributed by atoms with E-state index in [0.29, 0.717) is 59.6 Å². The number of nitrogens with one attached hydrogen (secondary N) is 1. The third kappa shape index (κ3) is 6.76. The van der Waals surface area contributed by atoms with Crippen molar-refractivity contribution in [1.82, 2.24) is 9.62 Å². The molecule has 6 nitrogen and oxygen atoms in total. The second-order valence-corrected chi connectivity index (χ2v) is 14.0. The normalized spacial score (nSPS) is 21.2. The standard InChI is InChI=1S/C32H36ClF2N3O3S/c1-20-18-37-19-26(38(20)42(40,41)27-13-14-27)12-15-28-22(4-3-7-29(28)35)17-30(39)32(36)31(21-8-10-24(33)11-9-21)23-5-2-6-25(34)16-23/h2-11,16,20,26-27,31-32,37H,12-15,17-19,36H2,1H3/t20-,26-,31-,32+/m0/s1. The fourth-order valence-electron chi connectivity index (χ4n) is 6.05. The van der Waals surface area contributed by atoms with E-state index >= 15 is 4.39 Å². The summed E-state index contributed by atoms with van der Waals surface area (Å²) in [4.78, 5) is 13.7. The van der Waals surface area contributed by atoms with Gasteiger partial charge in [-0.3, -0.25) is 4.79 Å². The number of hydrogen-bond acceptors (Lipinski definition) is 5. The highest BCUT2D eigenvalue weighted by Gasteiger charge is 2.45. The van der Waals surface area contributed by atoms with Crippen molar-refractivity contribution >= 4 is 27.4 Å². The summed E-state index contributed by atoms with van der Waals surface area (Å²) in [7, 11) is -3.42. The number of Topliss-reactive ketones (excluding diaryl/α,β-unsaturated/α-hetero) is 1. The molecule has 0 unspecified atom stereocenters. The first-order valence-corrected chi connectivity index (χ1v) is 16.2. The third-order valence-corrected chi connectivity index (χ3v) is 11.1. The molecule has 10 heteroatoms. The first kappa shape index (κ1) is 30.8. The summed E-state index contributed by atoms with van der Waals surface area (Å²) < 4.78 is 57.5. The average Bonchev–Trinajstić information content (AvgIpc) is 3.80. The molecule has 2 fully saturated rings. The van der Waals surface area contributed by atoms with Gasteiger partial charge in [-0.15, -0.1) is 0 Å². The molecule has 0 spiro atoms. The van der Waals surface area contributed by atoms with Crippen LogP contribution in [0.4, 0.5) is 8.78 Å². The SMILES string of the molecule is C[C@H]1CNC[C@H](CCc2c(F)cccc2CC(=O)[C@@H](N)[C@@H](c2ccc(Cl)cc2)c2cccc(F)c2)N1S(=O)(=O)C1CC1. The van der Waals surface area contributed by atoms with Gasteiger partial charge >= 0.3 is 0 Å². The van der Waals surface area contributed by atoms with E-state index in [1.165, 1.54) is 18.2 Å². The fourth-order valence-corrected chi connectivity index (χ4v) is 8.43. The lowest BCUT2D eigenvalue weighted by Crippen LogP contribution is -2.59. The van der Waals surface area contributed by atoms with Gasteiger partial charge in [0.1, 0.15) is 11.6 Å². The van der Waals surface area contributed by atoms with Crippen LogP contribution in [0.15, 0.2) is 66.7 Å². The Kier molecular flexibility index (Phi) is 9.44. The molecule has 1 heterocycles. The minimum Gasteiger partial charge on any atom is -0.321 e. The van der Waals surface area contributed by atoms with Crippen molar-refractivity contribution in [2.75, 3.05) is 13.1 Å². The van der Waals surface area contributed by atoms with Crippen LogP contribution < -0.4 is 11.1 Å². The lowest BCUT2D eigenvalue weighted by atomic mass is 9.82. The van der Waals surface area contributed by atoms with Crippen LogP contribution in [0.3, 0.4) is 0 Å². The molecule has 0 amide bonds. The van der Waals surface area contributed by atoms with Gasteiger partial charge in [-0.25, -0.2) is 17.2 Å². The molecule has 0 aromatic heterocycles. The van der Waals surface area contributed by atoms with Crippen molar-refractivity contribution in [3.63, 3.8) is 0 Å². The van der Waals surface area contributed by atoms with E-state index in [1.54, 1.807) is 52.8 Å². The molecule has 42 heavy (non-hydrogen) atoms. The highest BCUT2D eigenvalue weighted by molar-refractivity contribution is 7.90. The zero-order chi connectivity index (χ0) is 30.0. The number of benzene rings is 3. The van der Waals surface area contributed by atoms with E-state index in [0.717, 1.165) is 0 Å². The summed E-state index contributed by atoms with van der Waals surface area (Å²) in [6.45, 7) is 2.95. The summed E-state index contributed by atoms with van der Waals surface area (Å²) >= 11 is 6.08. The maximum Gasteiger partial charge on any atom is 0.217 e. The van der Waals surface area contributed by atoms with Crippen LogP contribution in [0.25, 0.3) is 0 Å². The summed E-state index contributed by atoms with van der Waals surface area (Å²) in [5.74, 6) is -1.85. The topological polar surface area (TPSA) is 92.5 Å². The van der Waals surface area contributed by atoms with E-state index < -0.39 is 33.6 Å². The van der Waals surface area contributed by atoms with Gasteiger partial charge in [-0.2, -0.15) is 4.31 Å². The van der Waals surface area contributed by atoms with Crippen molar-refractivity contribution in [1.29, 1.82) is 0 Å². The summed E-state index contributed by atoms with van der Waals surface area (Å²) in [6, 6.07) is 16.0. The van der Waals surface area contributed by atoms with Crippen molar-refractivity contribution in [3.8, 4) is 0 Å². The van der Waals surface area contributed by atoms with E-state index in [2.05, 4.69) is 5.32 Å². The molecule has 1 aliphatic carbocycles. The molecule has 5 rings (SSSR count). The zero-order valence-electron chi connectivity index (χ0n) is 23.5. The molecule has 3 N–H and O–H groups in total. The van der Waals surface area contributed by atoms with Crippen molar-refractivity contribution in [2.45, 2.75) is 68.3 Å². The lowest BCUT2D eigenvalue weighted by Gasteiger charge is -2.40. The molecule has 3 aromatic carbocycles. The number of nitrogens with zero attached hydrogens (tertiary/aromatic N) is 1. The van der Waals surface area contributed by atoms with Gasteiger partial charge in [0.15, 0.2) is 5.78 Å². The van der Waals surface area contributed by atoms with Crippen molar-refractivity contribution in [3.05, 3.63) is 106 Å². The largest absolute Gasteiger partial charge is 0.321 e. The van der Waals surface area contributed by atoms with E-state index in [-0.39, 0.29) is 36.0 Å². The molecule has 0 bridgehead atoms. The lowest BCUT2D eigenvalue weighted by molar-refractivity contribution is -0.119. The van der Waals surface area contributed by atoms with Crippen LogP contribution in [-0.2, 0) is 27.7 Å². The highest BCUT2D eigenvalue weighted by Crippen LogP contribution is 2.35. The molecule has 1 saturated heterocycles. The Morgan fingerprint density at radius 1 is 1.05 bits per heavy atom. The van der Waals surface area contributed by atoms with Crippen LogP contribution in [0, 0.1) is 11.6 Å². The Morgan fingerprint density at radius 3 is 2.45 bits per heavy atom. The predicted molar refractivity (Wildman–Crippen MR) is 161 cm³/mol. The summed E-state index contributed by atoms with van der Waals surface area (Å²) in [5, 5.41) is 3.50. The first-order chi connectivity index (χ1) is 20.1. The third-order valence-electron chi connectivity index (χ3n) is 8.33. The fraction of sp³-hybridized carbons (Fsp3) is 0.406. The van der Waals surface area contributed by atoms with Crippen LogP contribution in [0.1, 0.15) is 54.4 Å². The van der Waals surface area contributed by atoms with Crippen molar-refractivity contribution in [2.24, 2.45) is 5.73 Å². The Balaban J connectivity index is 1.37. The molecule has 0 radical (unpaired) electrons. The molecular weight excluding hydrogens is 580 g/mol. The van der Waals surface area contributed by atoms with E-state index in [4.69, 9.17) is 17.3 Å². The molecule has 1 saturated carbocycles. The number of nitrogens with two attached hydrogens (primary N) is 1.